The molecule has 160 valence electrons. The maximum Gasteiger partial charge on any atom is 0.271 e. The summed E-state index contributed by atoms with van der Waals surface area (Å²) in [7, 11) is 0. The lowest BCUT2D eigenvalue weighted by molar-refractivity contribution is -0.134. The zero-order valence-corrected chi connectivity index (χ0v) is 18.0. The Morgan fingerprint density at radius 1 is 1.10 bits per heavy atom. The van der Waals surface area contributed by atoms with E-state index < -0.39 is 0 Å². The first-order valence-corrected chi connectivity index (χ1v) is 10.8. The summed E-state index contributed by atoms with van der Waals surface area (Å²) in [4.78, 5) is 29.9. The van der Waals surface area contributed by atoms with Gasteiger partial charge >= 0.3 is 0 Å². The van der Waals surface area contributed by atoms with Crippen LogP contribution >= 0.6 is 0 Å². The number of hydrogen-bond donors (Lipinski definition) is 1. The van der Waals surface area contributed by atoms with Gasteiger partial charge in [-0.15, -0.1) is 0 Å². The van der Waals surface area contributed by atoms with Crippen molar-refractivity contribution in [3.63, 3.8) is 0 Å². The molecule has 0 saturated carbocycles. The van der Waals surface area contributed by atoms with Crippen LogP contribution in [0, 0.1) is 12.8 Å². The van der Waals surface area contributed by atoms with Crippen LogP contribution in [0.25, 0.3) is 11.1 Å². The van der Waals surface area contributed by atoms with E-state index in [1.165, 1.54) is 5.56 Å². The Balaban J connectivity index is 1.63. The average Bonchev–Trinajstić information content (AvgIpc) is 3.28. The molecule has 1 fully saturated rings. The maximum absolute atomic E-state index is 13.3. The lowest BCUT2D eigenvalue weighted by atomic mass is 9.91. The Morgan fingerprint density at radius 3 is 2.58 bits per heavy atom. The smallest absolute Gasteiger partial charge is 0.271 e. The Hall–Kier alpha value is -3.41. The van der Waals surface area contributed by atoms with Gasteiger partial charge < -0.3 is 9.80 Å². The number of carbonyl (C=O) groups is 2. The molecule has 2 heterocycles. The number of aromatic amines is 1. The molecule has 0 unspecified atom stereocenters. The zero-order chi connectivity index (χ0) is 21.8. The van der Waals surface area contributed by atoms with Gasteiger partial charge in [-0.3, -0.25) is 14.7 Å². The van der Waals surface area contributed by atoms with Gasteiger partial charge in [0.1, 0.15) is 5.69 Å². The molecule has 1 N–H and O–H groups in total. The quantitative estimate of drug-likeness (QED) is 0.692. The Labute approximate surface area is 182 Å². The van der Waals surface area contributed by atoms with Crippen LogP contribution < -0.4 is 0 Å². The van der Waals surface area contributed by atoms with Gasteiger partial charge in [-0.1, -0.05) is 54.1 Å². The van der Waals surface area contributed by atoms with Gasteiger partial charge in [0.15, 0.2) is 0 Å². The summed E-state index contributed by atoms with van der Waals surface area (Å²) in [5.74, 6) is -0.290. The van der Waals surface area contributed by atoms with Crippen molar-refractivity contribution in [3.05, 3.63) is 77.6 Å². The topological polar surface area (TPSA) is 69.3 Å². The van der Waals surface area contributed by atoms with Gasteiger partial charge in [0.25, 0.3) is 5.91 Å². The summed E-state index contributed by atoms with van der Waals surface area (Å²) < 4.78 is 0. The largest absolute Gasteiger partial charge is 0.341 e. The van der Waals surface area contributed by atoms with Crippen molar-refractivity contribution in [2.24, 2.45) is 5.92 Å². The SMILES string of the molecule is CCN1CCN(C(=O)c2ccn[nH]2)C[C@@H](Cc2ccccc2-c2ccc(C)cc2)C1=O. The van der Waals surface area contributed by atoms with Crippen molar-refractivity contribution in [1.82, 2.24) is 20.0 Å². The van der Waals surface area contributed by atoms with Crippen LogP contribution in [0.2, 0.25) is 0 Å². The number of nitrogens with one attached hydrogen (secondary N) is 1. The van der Waals surface area contributed by atoms with Gasteiger partial charge in [0, 0.05) is 32.4 Å². The zero-order valence-electron chi connectivity index (χ0n) is 18.0. The fraction of sp³-hybridized carbons (Fsp3) is 0.320. The van der Waals surface area contributed by atoms with Crippen molar-refractivity contribution >= 4 is 11.8 Å². The highest BCUT2D eigenvalue weighted by atomic mass is 16.2. The third-order valence-electron chi connectivity index (χ3n) is 5.99. The molecule has 2 aromatic carbocycles. The number of amides is 2. The number of hydrogen-bond acceptors (Lipinski definition) is 3. The number of aryl methyl sites for hydroxylation is 1. The Morgan fingerprint density at radius 2 is 1.87 bits per heavy atom. The van der Waals surface area contributed by atoms with Crippen LogP contribution in [0.15, 0.2) is 60.8 Å². The number of aromatic nitrogens is 2. The second kappa shape index (κ2) is 9.16. The molecule has 0 aliphatic carbocycles. The van der Waals surface area contributed by atoms with E-state index in [0.717, 1.165) is 16.7 Å². The molecule has 6 heteroatoms. The normalized spacial score (nSPS) is 17.0. The van der Waals surface area contributed by atoms with Gasteiger partial charge in [0.2, 0.25) is 5.91 Å². The first kappa shape index (κ1) is 20.8. The summed E-state index contributed by atoms with van der Waals surface area (Å²) in [5.41, 5.74) is 5.06. The van der Waals surface area contributed by atoms with Crippen LogP contribution in [0.3, 0.4) is 0 Å². The highest BCUT2D eigenvalue weighted by molar-refractivity contribution is 5.93. The minimum absolute atomic E-state index is 0.111. The molecule has 2 amide bonds. The number of nitrogens with zero attached hydrogens (tertiary/aromatic N) is 3. The van der Waals surface area contributed by atoms with Gasteiger partial charge in [-0.2, -0.15) is 5.10 Å². The van der Waals surface area contributed by atoms with Crippen molar-refractivity contribution in [2.45, 2.75) is 20.3 Å². The highest BCUT2D eigenvalue weighted by Gasteiger charge is 2.32. The lowest BCUT2D eigenvalue weighted by Crippen LogP contribution is -2.38. The van der Waals surface area contributed by atoms with E-state index in [0.29, 0.717) is 38.3 Å². The van der Waals surface area contributed by atoms with E-state index in [-0.39, 0.29) is 17.7 Å². The number of H-pyrrole nitrogens is 1. The molecule has 1 atom stereocenters. The van der Waals surface area contributed by atoms with E-state index in [1.807, 2.05) is 24.0 Å². The molecule has 0 bridgehead atoms. The van der Waals surface area contributed by atoms with Crippen molar-refractivity contribution < 1.29 is 9.59 Å². The van der Waals surface area contributed by atoms with Crippen molar-refractivity contribution in [3.8, 4) is 11.1 Å². The predicted octanol–water partition coefficient (Wildman–Crippen LogP) is 3.55. The molecule has 0 radical (unpaired) electrons. The molecular weight excluding hydrogens is 388 g/mol. The number of likely N-dealkylation sites (N-methyl/N-ethyl adjacent to an activating group) is 1. The predicted molar refractivity (Wildman–Crippen MR) is 121 cm³/mol. The average molecular weight is 417 g/mol. The third-order valence-corrected chi connectivity index (χ3v) is 5.99. The van der Waals surface area contributed by atoms with Crippen LogP contribution in [0.5, 0.6) is 0 Å². The number of rotatable bonds is 5. The minimum atomic E-state index is -0.291. The van der Waals surface area contributed by atoms with E-state index in [9.17, 15) is 9.59 Å². The number of benzene rings is 2. The van der Waals surface area contributed by atoms with Gasteiger partial charge in [-0.05, 0) is 43.0 Å². The minimum Gasteiger partial charge on any atom is -0.341 e. The van der Waals surface area contributed by atoms with Gasteiger partial charge in [-0.25, -0.2) is 0 Å². The van der Waals surface area contributed by atoms with E-state index >= 15 is 0 Å². The summed E-state index contributed by atoms with van der Waals surface area (Å²) in [6, 6.07) is 18.4. The molecule has 1 aliphatic rings. The third kappa shape index (κ3) is 4.53. The summed E-state index contributed by atoms with van der Waals surface area (Å²) in [5, 5.41) is 6.65. The molecule has 0 spiro atoms. The Kier molecular flexibility index (Phi) is 6.16. The molecule has 31 heavy (non-hydrogen) atoms. The molecule has 1 aromatic heterocycles. The lowest BCUT2D eigenvalue weighted by Gasteiger charge is -2.24. The first-order valence-electron chi connectivity index (χ1n) is 10.8. The molecule has 1 saturated heterocycles. The van der Waals surface area contributed by atoms with Crippen LogP contribution in [0.4, 0.5) is 0 Å². The molecule has 4 rings (SSSR count). The van der Waals surface area contributed by atoms with Gasteiger partial charge in [0.05, 0.1) is 5.92 Å². The molecule has 1 aliphatic heterocycles. The van der Waals surface area contributed by atoms with E-state index in [1.54, 1.807) is 17.2 Å². The summed E-state index contributed by atoms with van der Waals surface area (Å²) >= 11 is 0. The fourth-order valence-electron chi connectivity index (χ4n) is 4.22. The monoisotopic (exact) mass is 416 g/mol. The van der Waals surface area contributed by atoms with E-state index in [2.05, 4.69) is 53.5 Å². The summed E-state index contributed by atoms with van der Waals surface area (Å²) in [6.07, 6.45) is 2.16. The standard InChI is InChI=1S/C25H28N4O2/c1-3-28-14-15-29(25(31)23-12-13-26-27-23)17-21(24(28)30)16-20-6-4-5-7-22(20)19-10-8-18(2)9-11-19/h4-13,21H,3,14-17H2,1-2H3,(H,26,27)/t21-/m1/s1. The van der Waals surface area contributed by atoms with Crippen LogP contribution in [-0.2, 0) is 11.2 Å². The van der Waals surface area contributed by atoms with Crippen molar-refractivity contribution in [1.29, 1.82) is 0 Å². The molecule has 3 aromatic rings. The second-order valence-corrected chi connectivity index (χ2v) is 8.06. The summed E-state index contributed by atoms with van der Waals surface area (Å²) in [6.45, 7) is 6.17. The molecular formula is C25H28N4O2. The number of carbonyl (C=O) groups excluding carboxylic acids is 2. The Bertz CT molecular complexity index is 1040. The molecule has 6 nitrogen and oxygen atoms in total. The van der Waals surface area contributed by atoms with E-state index in [4.69, 9.17) is 0 Å². The fourth-order valence-corrected chi connectivity index (χ4v) is 4.22. The van der Waals surface area contributed by atoms with Crippen molar-refractivity contribution in [2.75, 3.05) is 26.2 Å². The van der Waals surface area contributed by atoms with Crippen LogP contribution in [0.1, 0.15) is 28.5 Å². The maximum atomic E-state index is 13.3. The highest BCUT2D eigenvalue weighted by Crippen LogP contribution is 2.27. The van der Waals surface area contributed by atoms with Crippen LogP contribution in [-0.4, -0.2) is 58.0 Å². The second-order valence-electron chi connectivity index (χ2n) is 8.06. The first-order chi connectivity index (χ1) is 15.1.